The molecule has 120 valence electrons. The molecule has 0 bridgehead atoms. The summed E-state index contributed by atoms with van der Waals surface area (Å²) in [6.45, 7) is 2.87. The van der Waals surface area contributed by atoms with Crippen molar-refractivity contribution in [3.63, 3.8) is 0 Å². The molecule has 0 fully saturated rings. The van der Waals surface area contributed by atoms with Crippen LogP contribution in [0.1, 0.15) is 18.9 Å². The van der Waals surface area contributed by atoms with Gasteiger partial charge in [0.05, 0.1) is 24.1 Å². The zero-order valence-corrected chi connectivity index (χ0v) is 13.3. The highest BCUT2D eigenvalue weighted by atomic mass is 19.1. The van der Waals surface area contributed by atoms with Crippen molar-refractivity contribution in [3.05, 3.63) is 54.0 Å². The third kappa shape index (κ3) is 2.59. The van der Waals surface area contributed by atoms with Crippen molar-refractivity contribution in [1.82, 2.24) is 5.43 Å². The topological polar surface area (TPSA) is 50.5 Å². The number of methoxy groups -OCH3 is 1. The van der Waals surface area contributed by atoms with Crippen LogP contribution in [-0.2, 0) is 0 Å². The Morgan fingerprint density at radius 3 is 2.65 bits per heavy atom. The van der Waals surface area contributed by atoms with Crippen molar-refractivity contribution < 1.29 is 9.13 Å². The number of benzene rings is 2. The van der Waals surface area contributed by atoms with Crippen LogP contribution in [0.4, 0.5) is 10.1 Å². The van der Waals surface area contributed by atoms with Gasteiger partial charge in [0.15, 0.2) is 0 Å². The van der Waals surface area contributed by atoms with Gasteiger partial charge in [-0.3, -0.25) is 5.01 Å². The minimum absolute atomic E-state index is 0.317. The van der Waals surface area contributed by atoms with Gasteiger partial charge in [-0.2, -0.15) is 0 Å². The first kappa shape index (κ1) is 15.2. The molecule has 3 rings (SSSR count). The Balaban J connectivity index is 2.27. The van der Waals surface area contributed by atoms with Crippen LogP contribution < -0.4 is 20.9 Å². The standard InChI is InChI=1S/C18H20FN3O/c1-3-10-22-18-12(15(20)11-21-22)6-4-7-13(18)17-14(19)8-5-9-16(17)23-2/h4-9,11,21H,3,10,20H2,1-2H3. The first-order valence-corrected chi connectivity index (χ1v) is 7.63. The number of anilines is 1. The Morgan fingerprint density at radius 2 is 1.91 bits per heavy atom. The summed E-state index contributed by atoms with van der Waals surface area (Å²) in [5.74, 6) is 0.185. The van der Waals surface area contributed by atoms with Crippen molar-refractivity contribution in [2.75, 3.05) is 18.7 Å². The second kappa shape index (κ2) is 6.20. The fourth-order valence-corrected chi connectivity index (χ4v) is 2.89. The fourth-order valence-electron chi connectivity index (χ4n) is 2.89. The molecule has 1 heterocycles. The van der Waals surface area contributed by atoms with E-state index in [1.54, 1.807) is 25.4 Å². The van der Waals surface area contributed by atoms with Crippen LogP contribution >= 0.6 is 0 Å². The van der Waals surface area contributed by atoms with Gasteiger partial charge in [0, 0.05) is 23.9 Å². The van der Waals surface area contributed by atoms with Gasteiger partial charge in [0.1, 0.15) is 11.6 Å². The smallest absolute Gasteiger partial charge is 0.134 e. The summed E-state index contributed by atoms with van der Waals surface area (Å²) in [5.41, 5.74) is 12.9. The molecule has 4 nitrogen and oxygen atoms in total. The zero-order chi connectivity index (χ0) is 16.4. The quantitative estimate of drug-likeness (QED) is 0.907. The molecule has 1 aliphatic rings. The number of rotatable bonds is 4. The molecular weight excluding hydrogens is 293 g/mol. The molecule has 0 aliphatic carbocycles. The van der Waals surface area contributed by atoms with Crippen LogP contribution in [0.3, 0.4) is 0 Å². The summed E-state index contributed by atoms with van der Waals surface area (Å²) >= 11 is 0. The Bertz CT molecular complexity index is 758. The monoisotopic (exact) mass is 313 g/mol. The Morgan fingerprint density at radius 1 is 1.17 bits per heavy atom. The van der Waals surface area contributed by atoms with Gasteiger partial charge in [-0.15, -0.1) is 0 Å². The number of nitrogens with one attached hydrogen (secondary N) is 1. The highest BCUT2D eigenvalue weighted by Crippen LogP contribution is 2.42. The molecule has 2 aromatic rings. The van der Waals surface area contributed by atoms with E-state index in [-0.39, 0.29) is 5.82 Å². The Labute approximate surface area is 135 Å². The fraction of sp³-hybridized carbons (Fsp3) is 0.222. The number of hydrazine groups is 1. The van der Waals surface area contributed by atoms with Crippen molar-refractivity contribution in [2.24, 2.45) is 5.73 Å². The van der Waals surface area contributed by atoms with Gasteiger partial charge >= 0.3 is 0 Å². The molecule has 0 saturated heterocycles. The lowest BCUT2D eigenvalue weighted by Gasteiger charge is -2.33. The van der Waals surface area contributed by atoms with Gasteiger partial charge in [0.25, 0.3) is 0 Å². The van der Waals surface area contributed by atoms with Crippen LogP contribution in [0.2, 0.25) is 0 Å². The lowest BCUT2D eigenvalue weighted by Crippen LogP contribution is -2.39. The van der Waals surface area contributed by atoms with Crippen LogP contribution in [0, 0.1) is 5.82 Å². The molecule has 5 heteroatoms. The average molecular weight is 313 g/mol. The van der Waals surface area contributed by atoms with Crippen LogP contribution in [0.15, 0.2) is 42.6 Å². The second-order valence-electron chi connectivity index (χ2n) is 5.40. The predicted molar refractivity (Wildman–Crippen MR) is 91.3 cm³/mol. The van der Waals surface area contributed by atoms with E-state index in [2.05, 4.69) is 12.3 Å². The molecule has 0 spiro atoms. The first-order valence-electron chi connectivity index (χ1n) is 7.63. The Kier molecular flexibility index (Phi) is 4.10. The average Bonchev–Trinajstić information content (AvgIpc) is 2.57. The number of hydrogen-bond donors (Lipinski definition) is 2. The summed E-state index contributed by atoms with van der Waals surface area (Å²) in [7, 11) is 1.55. The van der Waals surface area contributed by atoms with E-state index in [1.165, 1.54) is 6.07 Å². The zero-order valence-electron chi connectivity index (χ0n) is 13.3. The number of para-hydroxylation sites is 1. The second-order valence-corrected chi connectivity index (χ2v) is 5.40. The van der Waals surface area contributed by atoms with Crippen molar-refractivity contribution >= 4 is 11.4 Å². The summed E-state index contributed by atoms with van der Waals surface area (Å²) in [4.78, 5) is 0. The summed E-state index contributed by atoms with van der Waals surface area (Å²) in [6.07, 6.45) is 2.71. The van der Waals surface area contributed by atoms with E-state index in [0.29, 0.717) is 17.0 Å². The normalized spacial score (nSPS) is 13.2. The maximum atomic E-state index is 14.5. The number of halogens is 1. The third-order valence-electron chi connectivity index (χ3n) is 3.90. The molecule has 0 aromatic heterocycles. The van der Waals surface area contributed by atoms with Crippen LogP contribution in [0.25, 0.3) is 16.8 Å². The maximum Gasteiger partial charge on any atom is 0.134 e. The van der Waals surface area contributed by atoms with Crippen molar-refractivity contribution in [3.8, 4) is 16.9 Å². The molecular formula is C18H20FN3O. The lowest BCUT2D eigenvalue weighted by atomic mass is 9.96. The van der Waals surface area contributed by atoms with Gasteiger partial charge in [-0.25, -0.2) is 4.39 Å². The van der Waals surface area contributed by atoms with E-state index < -0.39 is 0 Å². The molecule has 0 saturated carbocycles. The number of nitrogens with zero attached hydrogens (tertiary/aromatic N) is 1. The number of ether oxygens (including phenoxy) is 1. The van der Waals surface area contributed by atoms with Crippen molar-refractivity contribution in [1.29, 1.82) is 0 Å². The van der Waals surface area contributed by atoms with Gasteiger partial charge in [0.2, 0.25) is 0 Å². The number of hydrogen-bond acceptors (Lipinski definition) is 4. The summed E-state index contributed by atoms with van der Waals surface area (Å²) < 4.78 is 19.9. The highest BCUT2D eigenvalue weighted by molar-refractivity contribution is 5.91. The van der Waals surface area contributed by atoms with Crippen LogP contribution in [-0.4, -0.2) is 13.7 Å². The molecule has 3 N–H and O–H groups in total. The van der Waals surface area contributed by atoms with E-state index in [1.807, 2.05) is 23.2 Å². The lowest BCUT2D eigenvalue weighted by molar-refractivity contribution is 0.413. The molecule has 23 heavy (non-hydrogen) atoms. The highest BCUT2D eigenvalue weighted by Gasteiger charge is 2.24. The number of fused-ring (bicyclic) bond motifs is 1. The summed E-state index contributed by atoms with van der Waals surface area (Å²) in [6, 6.07) is 10.6. The summed E-state index contributed by atoms with van der Waals surface area (Å²) in [5, 5.41) is 1.99. The maximum absolute atomic E-state index is 14.5. The van der Waals surface area contributed by atoms with E-state index in [9.17, 15) is 4.39 Å². The van der Waals surface area contributed by atoms with Gasteiger partial charge < -0.3 is 15.9 Å². The minimum atomic E-state index is -0.317. The third-order valence-corrected chi connectivity index (χ3v) is 3.90. The molecule has 0 radical (unpaired) electrons. The molecule has 2 aromatic carbocycles. The van der Waals surface area contributed by atoms with E-state index >= 15 is 0 Å². The minimum Gasteiger partial charge on any atom is -0.496 e. The first-order chi connectivity index (χ1) is 11.2. The predicted octanol–water partition coefficient (Wildman–Crippen LogP) is 3.49. The van der Waals surface area contributed by atoms with Gasteiger partial charge in [-0.05, 0) is 18.6 Å². The molecule has 0 atom stereocenters. The van der Waals surface area contributed by atoms with E-state index in [0.717, 1.165) is 29.8 Å². The number of nitrogens with two attached hydrogens (primary N) is 1. The SMILES string of the molecule is CCCN1NC=C(N)c2cccc(-c3c(F)cccc3OC)c21. The van der Waals surface area contributed by atoms with Crippen molar-refractivity contribution in [2.45, 2.75) is 13.3 Å². The molecule has 0 amide bonds. The van der Waals surface area contributed by atoms with Gasteiger partial charge in [-0.1, -0.05) is 31.2 Å². The molecule has 1 aliphatic heterocycles. The Hall–Kier alpha value is -2.69. The van der Waals surface area contributed by atoms with E-state index in [4.69, 9.17) is 10.5 Å². The largest absolute Gasteiger partial charge is 0.496 e. The van der Waals surface area contributed by atoms with Crippen LogP contribution in [0.5, 0.6) is 5.75 Å². The molecule has 0 unspecified atom stereocenters.